The highest BCUT2D eigenvalue weighted by Gasteiger charge is 2.30. The summed E-state index contributed by atoms with van der Waals surface area (Å²) in [4.78, 5) is 13.7. The molecule has 0 saturated carbocycles. The zero-order valence-electron chi connectivity index (χ0n) is 9.45. The molecule has 0 radical (unpaired) electrons. The molecule has 17 heavy (non-hydrogen) atoms. The van der Waals surface area contributed by atoms with E-state index in [0.717, 1.165) is 27.8 Å². The first-order chi connectivity index (χ1) is 8.15. The van der Waals surface area contributed by atoms with Gasteiger partial charge in [0, 0.05) is 22.8 Å². The Balaban J connectivity index is 2.26. The summed E-state index contributed by atoms with van der Waals surface area (Å²) in [6.07, 6.45) is 0.615. The number of carbonyl (C=O) groups excluding carboxylic acids is 1. The van der Waals surface area contributed by atoms with Crippen molar-refractivity contribution >= 4 is 43.5 Å². The van der Waals surface area contributed by atoms with E-state index in [0.29, 0.717) is 12.3 Å². The van der Waals surface area contributed by atoms with E-state index < -0.39 is 0 Å². The van der Waals surface area contributed by atoms with Gasteiger partial charge in [0.2, 0.25) is 5.91 Å². The molecule has 2 rings (SSSR count). The molecule has 3 nitrogen and oxygen atoms in total. The molecular formula is C12H13Br2NO2. The minimum atomic E-state index is 0.181. The Morgan fingerprint density at radius 3 is 2.82 bits per heavy atom. The van der Waals surface area contributed by atoms with Gasteiger partial charge in [-0.1, -0.05) is 15.9 Å². The highest BCUT2D eigenvalue weighted by atomic mass is 79.9. The maximum Gasteiger partial charge on any atom is 0.227 e. The summed E-state index contributed by atoms with van der Waals surface area (Å²) in [7, 11) is 1.63. The number of hydrogen-bond donors (Lipinski definition) is 0. The van der Waals surface area contributed by atoms with E-state index in [4.69, 9.17) is 4.74 Å². The maximum atomic E-state index is 11.9. The Kier molecular flexibility index (Phi) is 4.09. The highest BCUT2D eigenvalue weighted by Crippen LogP contribution is 2.34. The summed E-state index contributed by atoms with van der Waals surface area (Å²) < 4.78 is 6.03. The number of ether oxygens (including phenoxy) is 1. The maximum absolute atomic E-state index is 11.9. The normalized spacial score (nSPS) is 19.8. The highest BCUT2D eigenvalue weighted by molar-refractivity contribution is 9.10. The molecule has 5 heteroatoms. The van der Waals surface area contributed by atoms with Crippen molar-refractivity contribution in [3.63, 3.8) is 0 Å². The van der Waals surface area contributed by atoms with Gasteiger partial charge in [-0.2, -0.15) is 0 Å². The molecule has 1 aromatic carbocycles. The Hall–Kier alpha value is -0.550. The Bertz CT molecular complexity index is 437. The van der Waals surface area contributed by atoms with E-state index >= 15 is 0 Å². The van der Waals surface area contributed by atoms with Crippen molar-refractivity contribution in [1.82, 2.24) is 0 Å². The smallest absolute Gasteiger partial charge is 0.227 e. The van der Waals surface area contributed by atoms with Crippen LogP contribution in [0.2, 0.25) is 0 Å². The number of anilines is 1. The Morgan fingerprint density at radius 1 is 1.53 bits per heavy atom. The van der Waals surface area contributed by atoms with Gasteiger partial charge in [0.1, 0.15) is 5.75 Å². The standard InChI is InChI=1S/C12H13Br2NO2/c1-17-9-2-3-11(10(14)5-9)15-7-8(6-13)4-12(15)16/h2-3,5,8H,4,6-7H2,1H3. The number of methoxy groups -OCH3 is 1. The average molecular weight is 363 g/mol. The van der Waals surface area contributed by atoms with Gasteiger partial charge in [0.25, 0.3) is 0 Å². The average Bonchev–Trinajstić information content (AvgIpc) is 2.70. The topological polar surface area (TPSA) is 29.5 Å². The minimum absolute atomic E-state index is 0.181. The lowest BCUT2D eigenvalue weighted by Gasteiger charge is -2.18. The zero-order valence-corrected chi connectivity index (χ0v) is 12.6. The molecule has 1 unspecified atom stereocenters. The first kappa shape index (κ1) is 12.9. The van der Waals surface area contributed by atoms with Crippen molar-refractivity contribution in [2.45, 2.75) is 6.42 Å². The largest absolute Gasteiger partial charge is 0.497 e. The molecule has 92 valence electrons. The molecule has 1 atom stereocenters. The van der Waals surface area contributed by atoms with E-state index in [-0.39, 0.29) is 5.91 Å². The van der Waals surface area contributed by atoms with E-state index in [1.165, 1.54) is 0 Å². The predicted octanol–water partition coefficient (Wildman–Crippen LogP) is 3.21. The van der Waals surface area contributed by atoms with Crippen LogP contribution in [-0.2, 0) is 4.79 Å². The van der Waals surface area contributed by atoms with Gasteiger partial charge in [-0.3, -0.25) is 4.79 Å². The zero-order chi connectivity index (χ0) is 12.4. The summed E-state index contributed by atoms with van der Waals surface area (Å²) in [5, 5.41) is 0.864. The molecule has 0 bridgehead atoms. The summed E-state index contributed by atoms with van der Waals surface area (Å²) in [6.45, 7) is 0.773. The molecule has 0 aliphatic carbocycles. The van der Waals surface area contributed by atoms with Crippen molar-refractivity contribution in [1.29, 1.82) is 0 Å². The number of alkyl halides is 1. The fourth-order valence-corrected chi connectivity index (χ4v) is 2.96. The molecule has 1 fully saturated rings. The van der Waals surface area contributed by atoms with E-state index in [1.54, 1.807) is 7.11 Å². The first-order valence-electron chi connectivity index (χ1n) is 5.35. The third-order valence-corrected chi connectivity index (χ3v) is 4.42. The lowest BCUT2D eigenvalue weighted by Crippen LogP contribution is -2.24. The van der Waals surface area contributed by atoms with Crippen LogP contribution in [0.25, 0.3) is 0 Å². The number of hydrogen-bond acceptors (Lipinski definition) is 2. The van der Waals surface area contributed by atoms with Crippen LogP contribution in [0.3, 0.4) is 0 Å². The SMILES string of the molecule is COc1ccc(N2CC(CBr)CC2=O)c(Br)c1. The van der Waals surface area contributed by atoms with Crippen LogP contribution in [0, 0.1) is 5.92 Å². The van der Waals surface area contributed by atoms with Gasteiger partial charge in [-0.05, 0) is 40.0 Å². The second kappa shape index (κ2) is 5.40. The molecule has 1 heterocycles. The van der Waals surface area contributed by atoms with Crippen molar-refractivity contribution in [2.75, 3.05) is 23.9 Å². The van der Waals surface area contributed by atoms with Crippen LogP contribution < -0.4 is 9.64 Å². The summed E-state index contributed by atoms with van der Waals surface area (Å²) in [5.41, 5.74) is 0.916. The van der Waals surface area contributed by atoms with Crippen molar-refractivity contribution in [3.8, 4) is 5.75 Å². The van der Waals surface area contributed by atoms with Gasteiger partial charge in [0.15, 0.2) is 0 Å². The molecular weight excluding hydrogens is 350 g/mol. The summed E-state index contributed by atoms with van der Waals surface area (Å²) >= 11 is 6.92. The number of halogens is 2. The molecule has 1 aliphatic heterocycles. The number of benzene rings is 1. The molecule has 1 amide bonds. The van der Waals surface area contributed by atoms with Crippen molar-refractivity contribution in [2.24, 2.45) is 5.92 Å². The second-order valence-corrected chi connectivity index (χ2v) is 5.55. The molecule has 1 aromatic rings. The van der Waals surface area contributed by atoms with Crippen molar-refractivity contribution < 1.29 is 9.53 Å². The van der Waals surface area contributed by atoms with Gasteiger partial charge < -0.3 is 9.64 Å². The summed E-state index contributed by atoms with van der Waals surface area (Å²) in [6, 6.07) is 5.66. The summed E-state index contributed by atoms with van der Waals surface area (Å²) in [5.74, 6) is 1.36. The third kappa shape index (κ3) is 2.65. The Morgan fingerprint density at radius 2 is 2.29 bits per heavy atom. The number of nitrogens with zero attached hydrogens (tertiary/aromatic N) is 1. The quantitative estimate of drug-likeness (QED) is 0.772. The molecule has 1 saturated heterocycles. The van der Waals surface area contributed by atoms with E-state index in [2.05, 4.69) is 31.9 Å². The van der Waals surface area contributed by atoms with Crippen LogP contribution in [-0.4, -0.2) is 24.9 Å². The second-order valence-electron chi connectivity index (χ2n) is 4.05. The fourth-order valence-electron chi connectivity index (χ4n) is 1.95. The van der Waals surface area contributed by atoms with Gasteiger partial charge >= 0.3 is 0 Å². The van der Waals surface area contributed by atoms with Crippen LogP contribution in [0.1, 0.15) is 6.42 Å². The number of amides is 1. The molecule has 0 spiro atoms. The van der Waals surface area contributed by atoms with Gasteiger partial charge in [-0.15, -0.1) is 0 Å². The predicted molar refractivity (Wildman–Crippen MR) is 74.9 cm³/mol. The van der Waals surface area contributed by atoms with Crippen LogP contribution >= 0.6 is 31.9 Å². The number of carbonyl (C=O) groups is 1. The first-order valence-corrected chi connectivity index (χ1v) is 7.27. The lowest BCUT2D eigenvalue weighted by molar-refractivity contribution is -0.117. The lowest BCUT2D eigenvalue weighted by atomic mass is 10.2. The van der Waals surface area contributed by atoms with E-state index in [9.17, 15) is 4.79 Å². The third-order valence-electron chi connectivity index (χ3n) is 2.87. The van der Waals surface area contributed by atoms with Crippen molar-refractivity contribution in [3.05, 3.63) is 22.7 Å². The minimum Gasteiger partial charge on any atom is -0.497 e. The molecule has 1 aliphatic rings. The monoisotopic (exact) mass is 361 g/mol. The molecule has 0 N–H and O–H groups in total. The van der Waals surface area contributed by atoms with Gasteiger partial charge in [0.05, 0.1) is 12.8 Å². The van der Waals surface area contributed by atoms with Crippen LogP contribution in [0.4, 0.5) is 5.69 Å². The Labute approximate surface area is 117 Å². The van der Waals surface area contributed by atoms with E-state index in [1.807, 2.05) is 23.1 Å². The fraction of sp³-hybridized carbons (Fsp3) is 0.417. The van der Waals surface area contributed by atoms with Crippen LogP contribution in [0.5, 0.6) is 5.75 Å². The van der Waals surface area contributed by atoms with Gasteiger partial charge in [-0.25, -0.2) is 0 Å². The molecule has 0 aromatic heterocycles. The van der Waals surface area contributed by atoms with Crippen LogP contribution in [0.15, 0.2) is 22.7 Å². The number of rotatable bonds is 3.